The van der Waals surface area contributed by atoms with Crippen molar-refractivity contribution < 1.29 is 18.7 Å². The van der Waals surface area contributed by atoms with E-state index in [0.717, 1.165) is 6.42 Å². The molecule has 1 amide bonds. The zero-order chi connectivity index (χ0) is 17.7. The van der Waals surface area contributed by atoms with Crippen LogP contribution < -0.4 is 11.1 Å². The van der Waals surface area contributed by atoms with Crippen LogP contribution in [0.15, 0.2) is 33.5 Å². The molecule has 1 N–H and O–H groups in total. The van der Waals surface area contributed by atoms with Crippen molar-refractivity contribution in [3.05, 3.63) is 34.8 Å². The van der Waals surface area contributed by atoms with Crippen LogP contribution in [-0.4, -0.2) is 28.6 Å². The highest BCUT2D eigenvalue weighted by atomic mass is 16.5. The van der Waals surface area contributed by atoms with Crippen molar-refractivity contribution in [1.82, 2.24) is 9.88 Å². The van der Waals surface area contributed by atoms with Crippen molar-refractivity contribution in [2.45, 2.75) is 45.7 Å². The van der Waals surface area contributed by atoms with Crippen molar-refractivity contribution in [3.63, 3.8) is 0 Å². The minimum atomic E-state index is -0.545. The monoisotopic (exact) mass is 334 g/mol. The molecule has 24 heavy (non-hydrogen) atoms. The van der Waals surface area contributed by atoms with Crippen LogP contribution >= 0.6 is 0 Å². The molecule has 0 fully saturated rings. The van der Waals surface area contributed by atoms with Crippen LogP contribution in [0.4, 0.5) is 0 Å². The van der Waals surface area contributed by atoms with E-state index in [0.29, 0.717) is 11.1 Å². The SMILES string of the molecule is CCC(C)(C)NC(=O)COC(=O)CCn1c(=O)oc2ccccc21. The van der Waals surface area contributed by atoms with Gasteiger partial charge in [-0.3, -0.25) is 14.2 Å². The van der Waals surface area contributed by atoms with E-state index in [-0.39, 0.29) is 31.0 Å². The number of amides is 1. The van der Waals surface area contributed by atoms with E-state index in [1.54, 1.807) is 24.3 Å². The normalized spacial score (nSPS) is 11.5. The molecule has 130 valence electrons. The summed E-state index contributed by atoms with van der Waals surface area (Å²) in [5.74, 6) is -1.41. The first-order valence-electron chi connectivity index (χ1n) is 7.87. The summed E-state index contributed by atoms with van der Waals surface area (Å²) in [6.45, 7) is 5.55. The highest BCUT2D eigenvalue weighted by Gasteiger charge is 2.19. The average Bonchev–Trinajstić information content (AvgIpc) is 2.86. The number of aromatic nitrogens is 1. The van der Waals surface area contributed by atoms with Crippen LogP contribution in [0.25, 0.3) is 11.1 Å². The van der Waals surface area contributed by atoms with E-state index in [2.05, 4.69) is 5.32 Å². The first-order valence-corrected chi connectivity index (χ1v) is 7.87. The third kappa shape index (κ3) is 4.47. The predicted octanol–water partition coefficient (Wildman–Crippen LogP) is 1.83. The lowest BCUT2D eigenvalue weighted by Gasteiger charge is -2.24. The largest absolute Gasteiger partial charge is 0.456 e. The molecule has 0 saturated carbocycles. The molecule has 0 aliphatic carbocycles. The maximum Gasteiger partial charge on any atom is 0.419 e. The Kier molecular flexibility index (Phi) is 5.43. The van der Waals surface area contributed by atoms with Gasteiger partial charge in [-0.1, -0.05) is 19.1 Å². The van der Waals surface area contributed by atoms with Gasteiger partial charge < -0.3 is 14.5 Å². The molecule has 0 aliphatic heterocycles. The fourth-order valence-electron chi connectivity index (χ4n) is 2.15. The Hall–Kier alpha value is -2.57. The number of esters is 1. The smallest absolute Gasteiger partial charge is 0.419 e. The molecular formula is C17H22N2O5. The number of rotatable bonds is 7. The summed E-state index contributed by atoms with van der Waals surface area (Å²) in [6, 6.07) is 6.98. The lowest BCUT2D eigenvalue weighted by molar-refractivity contribution is -0.149. The Balaban J connectivity index is 1.86. The van der Waals surface area contributed by atoms with E-state index in [9.17, 15) is 14.4 Å². The van der Waals surface area contributed by atoms with Crippen LogP contribution in [0.1, 0.15) is 33.6 Å². The molecule has 0 atom stereocenters. The number of oxazole rings is 1. The number of hydrogen-bond donors (Lipinski definition) is 1. The molecule has 1 aromatic heterocycles. The lowest BCUT2D eigenvalue weighted by atomic mass is 10.0. The number of nitrogens with one attached hydrogen (secondary N) is 1. The zero-order valence-electron chi connectivity index (χ0n) is 14.1. The van der Waals surface area contributed by atoms with Crippen molar-refractivity contribution in [1.29, 1.82) is 0 Å². The van der Waals surface area contributed by atoms with Crippen molar-refractivity contribution in [2.75, 3.05) is 6.61 Å². The number of hydrogen-bond acceptors (Lipinski definition) is 5. The number of nitrogens with zero attached hydrogens (tertiary/aromatic N) is 1. The predicted molar refractivity (Wildman–Crippen MR) is 88.6 cm³/mol. The van der Waals surface area contributed by atoms with Crippen LogP contribution in [0.3, 0.4) is 0 Å². The number of carbonyl (C=O) groups is 2. The van der Waals surface area contributed by atoms with Gasteiger partial charge in [-0.2, -0.15) is 0 Å². The Labute approximate surface area is 139 Å². The number of ether oxygens (including phenoxy) is 1. The van der Waals surface area contributed by atoms with Gasteiger partial charge in [0.2, 0.25) is 0 Å². The highest BCUT2D eigenvalue weighted by Crippen LogP contribution is 2.12. The number of benzene rings is 1. The van der Waals surface area contributed by atoms with Gasteiger partial charge in [-0.25, -0.2) is 4.79 Å². The minimum absolute atomic E-state index is 0.0200. The molecular weight excluding hydrogens is 312 g/mol. The third-order valence-corrected chi connectivity index (χ3v) is 3.84. The van der Waals surface area contributed by atoms with E-state index in [1.807, 2.05) is 20.8 Å². The molecule has 0 aliphatic rings. The molecule has 0 spiro atoms. The van der Waals surface area contributed by atoms with Gasteiger partial charge in [0, 0.05) is 12.1 Å². The summed E-state index contributed by atoms with van der Waals surface area (Å²) in [5, 5.41) is 2.78. The molecule has 0 radical (unpaired) electrons. The molecule has 2 aromatic rings. The second-order valence-electron chi connectivity index (χ2n) is 6.18. The summed E-state index contributed by atoms with van der Waals surface area (Å²) in [4.78, 5) is 35.3. The van der Waals surface area contributed by atoms with Crippen LogP contribution in [0.5, 0.6) is 0 Å². The Bertz CT molecular complexity index is 788. The minimum Gasteiger partial charge on any atom is -0.456 e. The molecule has 7 nitrogen and oxygen atoms in total. The maximum atomic E-state index is 11.8. The molecule has 0 bridgehead atoms. The lowest BCUT2D eigenvalue weighted by Crippen LogP contribution is -2.44. The van der Waals surface area contributed by atoms with Crippen molar-refractivity contribution in [2.24, 2.45) is 0 Å². The Morgan fingerprint density at radius 3 is 2.71 bits per heavy atom. The molecule has 7 heteroatoms. The standard InChI is InChI=1S/C17H22N2O5/c1-4-17(2,3)18-14(20)11-23-15(21)9-10-19-12-7-5-6-8-13(12)24-16(19)22/h5-8H,4,9-11H2,1-3H3,(H,18,20). The topological polar surface area (TPSA) is 90.5 Å². The van der Waals surface area contributed by atoms with Gasteiger partial charge in [0.05, 0.1) is 11.9 Å². The van der Waals surface area contributed by atoms with Crippen LogP contribution in [-0.2, 0) is 20.9 Å². The van der Waals surface area contributed by atoms with E-state index >= 15 is 0 Å². The van der Waals surface area contributed by atoms with Gasteiger partial charge >= 0.3 is 11.7 Å². The van der Waals surface area contributed by atoms with Crippen molar-refractivity contribution >= 4 is 23.0 Å². The number of para-hydroxylation sites is 2. The van der Waals surface area contributed by atoms with Gasteiger partial charge in [0.15, 0.2) is 12.2 Å². The summed E-state index contributed by atoms with van der Waals surface area (Å²) >= 11 is 0. The average molecular weight is 334 g/mol. The first kappa shape index (κ1) is 17.8. The number of aryl methyl sites for hydroxylation is 1. The molecule has 0 saturated heterocycles. The second-order valence-corrected chi connectivity index (χ2v) is 6.18. The Morgan fingerprint density at radius 1 is 1.29 bits per heavy atom. The van der Waals surface area contributed by atoms with E-state index in [1.165, 1.54) is 4.57 Å². The second kappa shape index (κ2) is 7.33. The van der Waals surface area contributed by atoms with Crippen molar-refractivity contribution in [3.8, 4) is 0 Å². The summed E-state index contributed by atoms with van der Waals surface area (Å²) in [5.41, 5.74) is 0.752. The fourth-order valence-corrected chi connectivity index (χ4v) is 2.15. The van der Waals surface area contributed by atoms with Gasteiger partial charge in [-0.15, -0.1) is 0 Å². The van der Waals surface area contributed by atoms with Gasteiger partial charge in [0.1, 0.15) is 0 Å². The van der Waals surface area contributed by atoms with E-state index < -0.39 is 11.7 Å². The summed E-state index contributed by atoms with van der Waals surface area (Å²) in [7, 11) is 0. The molecule has 1 heterocycles. The number of carbonyl (C=O) groups excluding carboxylic acids is 2. The quantitative estimate of drug-likeness (QED) is 0.780. The fraction of sp³-hybridized carbons (Fsp3) is 0.471. The van der Waals surface area contributed by atoms with E-state index in [4.69, 9.17) is 9.15 Å². The third-order valence-electron chi connectivity index (χ3n) is 3.84. The summed E-state index contributed by atoms with van der Waals surface area (Å²) in [6.07, 6.45) is 0.747. The van der Waals surface area contributed by atoms with Crippen LogP contribution in [0.2, 0.25) is 0 Å². The maximum absolute atomic E-state index is 11.8. The molecule has 0 unspecified atom stereocenters. The number of fused-ring (bicyclic) bond motifs is 1. The van der Waals surface area contributed by atoms with Crippen LogP contribution in [0, 0.1) is 0 Å². The van der Waals surface area contributed by atoms with Gasteiger partial charge in [-0.05, 0) is 32.4 Å². The van der Waals surface area contributed by atoms with Gasteiger partial charge in [0.25, 0.3) is 5.91 Å². The Morgan fingerprint density at radius 2 is 2.00 bits per heavy atom. The molecule has 2 rings (SSSR count). The highest BCUT2D eigenvalue weighted by molar-refractivity contribution is 5.81. The first-order chi connectivity index (χ1) is 11.3. The summed E-state index contributed by atoms with van der Waals surface area (Å²) < 4.78 is 11.4. The molecule has 1 aromatic carbocycles. The zero-order valence-corrected chi connectivity index (χ0v) is 14.1.